The molecule has 0 bridgehead atoms. The molecule has 0 spiro atoms. The van der Waals surface area contributed by atoms with Gasteiger partial charge in [-0.1, -0.05) is 0 Å². The van der Waals surface area contributed by atoms with Crippen molar-refractivity contribution in [2.45, 2.75) is 18.4 Å². The van der Waals surface area contributed by atoms with E-state index in [0.29, 0.717) is 0 Å². The van der Waals surface area contributed by atoms with Gasteiger partial charge in [-0.3, -0.25) is 0 Å². The molecule has 0 rings (SSSR count). The molecule has 0 saturated carbocycles. The van der Waals surface area contributed by atoms with Crippen LogP contribution in [0.3, 0.4) is 0 Å². The summed E-state index contributed by atoms with van der Waals surface area (Å²) in [5, 5.41) is 38.9. The summed E-state index contributed by atoms with van der Waals surface area (Å²) in [7, 11) is 0. The third-order valence-corrected chi connectivity index (χ3v) is 1.25. The molecular formula is C6H5BO7. The van der Waals surface area contributed by atoms with Gasteiger partial charge < -0.3 is 34.8 Å². The van der Waals surface area contributed by atoms with Crippen LogP contribution in [0.1, 0.15) is 12.8 Å². The average Bonchev–Trinajstić information content (AvgIpc) is 1.82. The van der Waals surface area contributed by atoms with E-state index in [9.17, 15) is 29.7 Å². The first kappa shape index (κ1) is 14.9. The SMILES string of the molecule is O=C([O-])CC(O)(CC(=O)[O-])C(=O)[O-].[B+3]. The van der Waals surface area contributed by atoms with E-state index < -0.39 is 36.4 Å². The molecule has 0 atom stereocenters. The Morgan fingerprint density at radius 3 is 1.43 bits per heavy atom. The van der Waals surface area contributed by atoms with Crippen LogP contribution in [0.25, 0.3) is 0 Å². The fourth-order valence-electron chi connectivity index (χ4n) is 0.684. The fourth-order valence-corrected chi connectivity index (χ4v) is 0.684. The largest absolute Gasteiger partial charge is 3.00 e. The summed E-state index contributed by atoms with van der Waals surface area (Å²) in [6, 6.07) is 0. The Morgan fingerprint density at radius 2 is 1.29 bits per heavy atom. The van der Waals surface area contributed by atoms with Gasteiger partial charge in [0.15, 0.2) is 0 Å². The molecule has 74 valence electrons. The van der Waals surface area contributed by atoms with Crippen LogP contribution in [0.2, 0.25) is 0 Å². The Bertz CT molecular complexity index is 233. The number of aliphatic hydroxyl groups is 1. The Hall–Kier alpha value is -1.57. The summed E-state index contributed by atoms with van der Waals surface area (Å²) in [5.41, 5.74) is -2.97. The van der Waals surface area contributed by atoms with E-state index in [2.05, 4.69) is 0 Å². The van der Waals surface area contributed by atoms with Gasteiger partial charge in [-0.25, -0.2) is 0 Å². The normalized spacial score (nSPS) is 10.1. The minimum absolute atomic E-state index is 0. The number of carbonyl (C=O) groups excluding carboxylic acids is 3. The maximum absolute atomic E-state index is 10.1. The van der Waals surface area contributed by atoms with Crippen molar-refractivity contribution in [2.75, 3.05) is 0 Å². The van der Waals surface area contributed by atoms with Gasteiger partial charge in [0.05, 0.1) is 5.97 Å². The predicted octanol–water partition coefficient (Wildman–Crippen LogP) is -5.63. The Balaban J connectivity index is 0. The summed E-state index contributed by atoms with van der Waals surface area (Å²) in [4.78, 5) is 30.0. The van der Waals surface area contributed by atoms with Crippen molar-refractivity contribution in [3.8, 4) is 0 Å². The van der Waals surface area contributed by atoms with Gasteiger partial charge in [-0.15, -0.1) is 0 Å². The van der Waals surface area contributed by atoms with E-state index in [1.165, 1.54) is 0 Å². The molecule has 0 fully saturated rings. The summed E-state index contributed by atoms with van der Waals surface area (Å²) in [6.07, 6.45) is -2.72. The molecule has 0 aromatic heterocycles. The predicted molar refractivity (Wildman–Crippen MR) is 35.0 cm³/mol. The van der Waals surface area contributed by atoms with Crippen LogP contribution in [-0.4, -0.2) is 37.0 Å². The summed E-state index contributed by atoms with van der Waals surface area (Å²) < 4.78 is 0. The van der Waals surface area contributed by atoms with Crippen LogP contribution >= 0.6 is 0 Å². The van der Waals surface area contributed by atoms with Gasteiger partial charge in [0.25, 0.3) is 0 Å². The van der Waals surface area contributed by atoms with E-state index in [1.807, 2.05) is 0 Å². The zero-order valence-electron chi connectivity index (χ0n) is 6.89. The third kappa shape index (κ3) is 4.46. The topological polar surface area (TPSA) is 141 Å². The number of aliphatic carboxylic acids is 3. The van der Waals surface area contributed by atoms with Gasteiger partial charge in [0, 0.05) is 24.8 Å². The van der Waals surface area contributed by atoms with E-state index in [0.717, 1.165) is 0 Å². The molecule has 1 N–H and O–H groups in total. The monoisotopic (exact) mass is 200 g/mol. The molecule has 0 aliphatic rings. The standard InChI is InChI=1S/C6H8O7.B/c7-3(8)1-6(13,5(11)12)2-4(9)10;/h13H,1-2H2,(H,7,8)(H,9,10)(H,11,12);/q;+3/p-3. The molecule has 0 amide bonds. The number of carboxylic acids is 3. The summed E-state index contributed by atoms with van der Waals surface area (Å²) in [6.45, 7) is 0. The summed E-state index contributed by atoms with van der Waals surface area (Å²) in [5.74, 6) is -5.98. The van der Waals surface area contributed by atoms with Crippen LogP contribution in [-0.2, 0) is 14.4 Å². The van der Waals surface area contributed by atoms with Crippen molar-refractivity contribution in [3.63, 3.8) is 0 Å². The zero-order chi connectivity index (χ0) is 10.6. The first-order valence-electron chi connectivity index (χ1n) is 3.11. The second-order valence-corrected chi connectivity index (χ2v) is 2.42. The molecule has 8 heteroatoms. The fraction of sp³-hybridized carbons (Fsp3) is 0.500. The second-order valence-electron chi connectivity index (χ2n) is 2.42. The van der Waals surface area contributed by atoms with Crippen molar-refractivity contribution in [1.82, 2.24) is 0 Å². The van der Waals surface area contributed by atoms with Crippen molar-refractivity contribution in [3.05, 3.63) is 0 Å². The Labute approximate surface area is 80.5 Å². The van der Waals surface area contributed by atoms with Crippen molar-refractivity contribution >= 4 is 26.3 Å². The third-order valence-electron chi connectivity index (χ3n) is 1.25. The van der Waals surface area contributed by atoms with Crippen LogP contribution in [0, 0.1) is 0 Å². The van der Waals surface area contributed by atoms with Crippen molar-refractivity contribution < 1.29 is 34.8 Å². The number of hydrogen-bond acceptors (Lipinski definition) is 7. The van der Waals surface area contributed by atoms with Gasteiger partial charge in [-0.2, -0.15) is 0 Å². The smallest absolute Gasteiger partial charge is 0.550 e. The van der Waals surface area contributed by atoms with Gasteiger partial charge in [0.2, 0.25) is 0 Å². The molecule has 0 aliphatic heterocycles. The zero-order valence-corrected chi connectivity index (χ0v) is 6.89. The van der Waals surface area contributed by atoms with E-state index in [1.54, 1.807) is 0 Å². The molecule has 0 heterocycles. The Kier molecular flexibility index (Phi) is 5.57. The molecular weight excluding hydrogens is 195 g/mol. The Morgan fingerprint density at radius 1 is 1.00 bits per heavy atom. The summed E-state index contributed by atoms with van der Waals surface area (Å²) >= 11 is 0. The number of rotatable bonds is 5. The molecule has 0 aromatic carbocycles. The van der Waals surface area contributed by atoms with Gasteiger partial charge in [-0.05, 0) is 0 Å². The van der Waals surface area contributed by atoms with Crippen LogP contribution < -0.4 is 15.3 Å². The first-order chi connectivity index (χ1) is 5.78. The molecule has 0 aromatic rings. The van der Waals surface area contributed by atoms with Crippen molar-refractivity contribution in [1.29, 1.82) is 0 Å². The van der Waals surface area contributed by atoms with Crippen molar-refractivity contribution in [2.24, 2.45) is 0 Å². The maximum Gasteiger partial charge on any atom is 3.00 e. The first-order valence-corrected chi connectivity index (χ1v) is 3.11. The molecule has 14 heavy (non-hydrogen) atoms. The van der Waals surface area contributed by atoms with E-state index in [4.69, 9.17) is 5.11 Å². The van der Waals surface area contributed by atoms with Gasteiger partial charge >= 0.3 is 8.41 Å². The molecule has 0 radical (unpaired) electrons. The second kappa shape index (κ2) is 5.23. The molecule has 0 aliphatic carbocycles. The quantitative estimate of drug-likeness (QED) is 0.436. The number of hydrogen-bond donors (Lipinski definition) is 1. The average molecular weight is 200 g/mol. The van der Waals surface area contributed by atoms with Crippen LogP contribution in [0.4, 0.5) is 0 Å². The number of carboxylic acid groups (broad SMARTS) is 3. The van der Waals surface area contributed by atoms with E-state index >= 15 is 0 Å². The minimum atomic E-state index is -2.97. The molecule has 7 nitrogen and oxygen atoms in total. The molecule has 0 unspecified atom stereocenters. The van der Waals surface area contributed by atoms with Crippen LogP contribution in [0.15, 0.2) is 0 Å². The molecule has 0 saturated heterocycles. The maximum atomic E-state index is 10.1. The van der Waals surface area contributed by atoms with Crippen LogP contribution in [0.5, 0.6) is 0 Å². The number of carbonyl (C=O) groups is 3. The van der Waals surface area contributed by atoms with Gasteiger partial charge in [0.1, 0.15) is 5.60 Å². The minimum Gasteiger partial charge on any atom is -0.550 e. The van der Waals surface area contributed by atoms with E-state index in [-0.39, 0.29) is 8.41 Å².